The number of hydrogen-bond acceptors (Lipinski definition) is 4. The van der Waals surface area contributed by atoms with Crippen molar-refractivity contribution >= 4 is 17.7 Å². The summed E-state index contributed by atoms with van der Waals surface area (Å²) >= 11 is 1.63. The summed E-state index contributed by atoms with van der Waals surface area (Å²) in [6.45, 7) is 0. The minimum atomic E-state index is -2.90. The Balaban J connectivity index is 2.33. The van der Waals surface area contributed by atoms with Gasteiger partial charge in [0.05, 0.1) is 5.25 Å². The molecule has 4 nitrogen and oxygen atoms in total. The van der Waals surface area contributed by atoms with Crippen LogP contribution in [0.1, 0.15) is 52.8 Å². The van der Waals surface area contributed by atoms with Crippen molar-refractivity contribution in [3.05, 3.63) is 23.3 Å². The molecule has 7 heteroatoms. The van der Waals surface area contributed by atoms with Crippen molar-refractivity contribution in [1.29, 1.82) is 0 Å². The summed E-state index contributed by atoms with van der Waals surface area (Å²) in [6.07, 6.45) is 1.06. The van der Waals surface area contributed by atoms with Crippen LogP contribution in [0.2, 0.25) is 0 Å². The molecule has 0 amide bonds. The quantitative estimate of drug-likeness (QED) is 0.917. The van der Waals surface area contributed by atoms with E-state index in [4.69, 9.17) is 5.11 Å². The van der Waals surface area contributed by atoms with E-state index in [-0.39, 0.29) is 5.25 Å². The molecule has 98 valence electrons. The van der Waals surface area contributed by atoms with Crippen LogP contribution in [0.25, 0.3) is 0 Å². The van der Waals surface area contributed by atoms with E-state index >= 15 is 0 Å². The van der Waals surface area contributed by atoms with Crippen molar-refractivity contribution in [1.82, 2.24) is 9.97 Å². The third-order valence-corrected chi connectivity index (χ3v) is 4.11. The second-order valence-electron chi connectivity index (χ2n) is 3.99. The maximum atomic E-state index is 12.8. The van der Waals surface area contributed by atoms with Gasteiger partial charge < -0.3 is 5.11 Å². The molecular weight excluding hydrogens is 262 g/mol. The first-order valence-corrected chi connectivity index (χ1v) is 6.64. The summed E-state index contributed by atoms with van der Waals surface area (Å²) in [6, 6.07) is 0. The van der Waals surface area contributed by atoms with E-state index < -0.39 is 23.7 Å². The first-order valence-electron chi connectivity index (χ1n) is 5.59. The summed E-state index contributed by atoms with van der Waals surface area (Å²) in [5, 5.41) is 8.80. The molecule has 0 radical (unpaired) electrons. The van der Waals surface area contributed by atoms with Gasteiger partial charge in [-0.2, -0.15) is 11.8 Å². The number of nitrogens with zero attached hydrogens (tertiary/aromatic N) is 2. The van der Waals surface area contributed by atoms with Crippen LogP contribution >= 0.6 is 11.8 Å². The normalized spacial score (nSPS) is 20.1. The second-order valence-corrected chi connectivity index (χ2v) is 5.30. The van der Waals surface area contributed by atoms with E-state index in [0.717, 1.165) is 31.2 Å². The van der Waals surface area contributed by atoms with Crippen LogP contribution in [-0.2, 0) is 0 Å². The van der Waals surface area contributed by atoms with Crippen molar-refractivity contribution in [2.24, 2.45) is 0 Å². The van der Waals surface area contributed by atoms with Crippen LogP contribution in [0.4, 0.5) is 8.78 Å². The predicted octanol–water partition coefficient (Wildman–Crippen LogP) is 3.07. The summed E-state index contributed by atoms with van der Waals surface area (Å²) in [5.41, 5.74) is -1.20. The van der Waals surface area contributed by atoms with Gasteiger partial charge in [-0.3, -0.25) is 0 Å². The molecule has 1 fully saturated rings. The highest BCUT2D eigenvalue weighted by Crippen LogP contribution is 2.37. The summed E-state index contributed by atoms with van der Waals surface area (Å²) in [4.78, 5) is 18.5. The van der Waals surface area contributed by atoms with Crippen molar-refractivity contribution in [3.8, 4) is 0 Å². The first kappa shape index (κ1) is 13.2. The predicted molar refractivity (Wildman–Crippen MR) is 63.0 cm³/mol. The van der Waals surface area contributed by atoms with E-state index in [9.17, 15) is 13.6 Å². The molecule has 2 rings (SSSR count). The Hall–Kier alpha value is -1.24. The number of hydrogen-bond donors (Lipinski definition) is 1. The smallest absolute Gasteiger partial charge is 0.339 e. The lowest BCUT2D eigenvalue weighted by Crippen LogP contribution is -2.12. The van der Waals surface area contributed by atoms with Crippen LogP contribution in [0.15, 0.2) is 6.20 Å². The number of carbonyl (C=O) groups is 1. The van der Waals surface area contributed by atoms with Gasteiger partial charge in [0.2, 0.25) is 0 Å². The summed E-state index contributed by atoms with van der Waals surface area (Å²) in [5.74, 6) is -0.147. The lowest BCUT2D eigenvalue weighted by atomic mass is 10.1. The number of thioether (sulfide) groups is 1. The molecule has 0 aliphatic carbocycles. The zero-order valence-corrected chi connectivity index (χ0v) is 10.3. The van der Waals surface area contributed by atoms with Gasteiger partial charge in [0, 0.05) is 6.20 Å². The monoisotopic (exact) mass is 274 g/mol. The van der Waals surface area contributed by atoms with Crippen LogP contribution in [0.3, 0.4) is 0 Å². The third kappa shape index (κ3) is 2.77. The molecule has 1 aliphatic heterocycles. The summed E-state index contributed by atoms with van der Waals surface area (Å²) in [7, 11) is 0. The molecule has 1 aliphatic rings. The fraction of sp³-hybridized carbons (Fsp3) is 0.545. The molecule has 1 aromatic heterocycles. The first-order chi connectivity index (χ1) is 8.59. The number of halogens is 2. The van der Waals surface area contributed by atoms with Gasteiger partial charge in [0.15, 0.2) is 0 Å². The highest BCUT2D eigenvalue weighted by atomic mass is 32.2. The lowest BCUT2D eigenvalue weighted by molar-refractivity contribution is 0.0681. The molecule has 1 aromatic rings. The zero-order valence-electron chi connectivity index (χ0n) is 9.47. The molecule has 18 heavy (non-hydrogen) atoms. The number of aromatic nitrogens is 2. The topological polar surface area (TPSA) is 63.1 Å². The number of aromatic carboxylic acids is 1. The average molecular weight is 274 g/mol. The maximum absolute atomic E-state index is 12.8. The Morgan fingerprint density at radius 3 is 2.83 bits per heavy atom. The van der Waals surface area contributed by atoms with Gasteiger partial charge in [-0.15, -0.1) is 0 Å². The van der Waals surface area contributed by atoms with Crippen molar-refractivity contribution in [2.45, 2.75) is 30.9 Å². The molecular formula is C11H12F2N2O2S. The van der Waals surface area contributed by atoms with Gasteiger partial charge in [-0.1, -0.05) is 6.42 Å². The number of carboxylic acids is 1. The largest absolute Gasteiger partial charge is 0.478 e. The molecule has 0 aromatic carbocycles. The van der Waals surface area contributed by atoms with Crippen LogP contribution in [0.5, 0.6) is 0 Å². The van der Waals surface area contributed by atoms with E-state index in [1.807, 2.05) is 0 Å². The van der Waals surface area contributed by atoms with Gasteiger partial charge >= 0.3 is 5.97 Å². The van der Waals surface area contributed by atoms with Crippen LogP contribution < -0.4 is 0 Å². The standard InChI is InChI=1S/C11H12F2N2O2S/c12-9(13)8-6(11(16)17)5-14-10(15-8)7-3-1-2-4-18-7/h5,7,9H,1-4H2,(H,16,17). The number of rotatable bonds is 3. The van der Waals surface area contributed by atoms with E-state index in [2.05, 4.69) is 9.97 Å². The average Bonchev–Trinajstić information content (AvgIpc) is 2.39. The number of alkyl halides is 2. The third-order valence-electron chi connectivity index (χ3n) is 2.74. The Morgan fingerprint density at radius 2 is 2.28 bits per heavy atom. The maximum Gasteiger partial charge on any atom is 0.339 e. The minimum absolute atomic E-state index is 0.000838. The van der Waals surface area contributed by atoms with Crippen molar-refractivity contribution in [3.63, 3.8) is 0 Å². The SMILES string of the molecule is O=C(O)c1cnc(C2CCCCS2)nc1C(F)F. The van der Waals surface area contributed by atoms with Crippen molar-refractivity contribution in [2.75, 3.05) is 5.75 Å². The highest BCUT2D eigenvalue weighted by molar-refractivity contribution is 7.99. The highest BCUT2D eigenvalue weighted by Gasteiger charge is 2.25. The fourth-order valence-corrected chi connectivity index (χ4v) is 3.09. The Morgan fingerprint density at radius 1 is 1.50 bits per heavy atom. The Kier molecular flexibility index (Phi) is 4.11. The van der Waals surface area contributed by atoms with Crippen LogP contribution in [-0.4, -0.2) is 26.8 Å². The molecule has 1 atom stereocenters. The molecule has 0 saturated carbocycles. The molecule has 1 N–H and O–H groups in total. The van der Waals surface area contributed by atoms with Gasteiger partial charge in [-0.05, 0) is 18.6 Å². The van der Waals surface area contributed by atoms with Gasteiger partial charge in [0.25, 0.3) is 6.43 Å². The lowest BCUT2D eigenvalue weighted by Gasteiger charge is -2.20. The Bertz CT molecular complexity index is 451. The molecule has 0 bridgehead atoms. The van der Waals surface area contributed by atoms with E-state index in [1.54, 1.807) is 11.8 Å². The zero-order chi connectivity index (χ0) is 13.1. The van der Waals surface area contributed by atoms with Crippen molar-refractivity contribution < 1.29 is 18.7 Å². The second kappa shape index (κ2) is 5.60. The Labute approximate surface area is 107 Å². The van der Waals surface area contributed by atoms with E-state index in [1.165, 1.54) is 0 Å². The van der Waals surface area contributed by atoms with Gasteiger partial charge in [-0.25, -0.2) is 23.5 Å². The number of carboxylic acid groups (broad SMARTS) is 1. The van der Waals surface area contributed by atoms with Gasteiger partial charge in [0.1, 0.15) is 17.1 Å². The molecule has 1 saturated heterocycles. The van der Waals surface area contributed by atoms with Crippen LogP contribution in [0, 0.1) is 0 Å². The molecule has 0 spiro atoms. The fourth-order valence-electron chi connectivity index (χ4n) is 1.84. The molecule has 1 unspecified atom stereocenters. The van der Waals surface area contributed by atoms with E-state index in [0.29, 0.717) is 5.82 Å². The molecule has 2 heterocycles. The minimum Gasteiger partial charge on any atom is -0.478 e. The summed E-state index contributed by atoms with van der Waals surface area (Å²) < 4.78 is 25.5.